The van der Waals surface area contributed by atoms with E-state index < -0.39 is 5.91 Å². The summed E-state index contributed by atoms with van der Waals surface area (Å²) in [4.78, 5) is 37.7. The zero-order valence-corrected chi connectivity index (χ0v) is 13.7. The Morgan fingerprint density at radius 3 is 2.38 bits per heavy atom. The highest BCUT2D eigenvalue weighted by Crippen LogP contribution is 2.28. The highest BCUT2D eigenvalue weighted by molar-refractivity contribution is 5.97. The Bertz CT molecular complexity index is 637. The number of benzene rings is 1. The van der Waals surface area contributed by atoms with Crippen LogP contribution in [0.15, 0.2) is 24.3 Å². The van der Waals surface area contributed by atoms with Crippen LogP contribution in [0.1, 0.15) is 46.4 Å². The van der Waals surface area contributed by atoms with Crippen LogP contribution < -0.4 is 11.1 Å². The summed E-state index contributed by atoms with van der Waals surface area (Å²) in [5, 5.41) is 3.01. The molecule has 24 heavy (non-hydrogen) atoms. The SMILES string of the molecule is NC(=O)c1ccc(C(=O)N2CCCC(C(=O)NCC3CC3)C2)cc1. The van der Waals surface area contributed by atoms with Crippen molar-refractivity contribution in [2.45, 2.75) is 25.7 Å². The van der Waals surface area contributed by atoms with Gasteiger partial charge in [-0.25, -0.2) is 0 Å². The first-order valence-electron chi connectivity index (χ1n) is 8.51. The molecule has 1 aromatic rings. The third-order valence-electron chi connectivity index (χ3n) is 4.76. The third-order valence-corrected chi connectivity index (χ3v) is 4.76. The molecule has 0 aromatic heterocycles. The minimum absolute atomic E-state index is 0.0588. The summed E-state index contributed by atoms with van der Waals surface area (Å²) in [6.07, 6.45) is 4.06. The topological polar surface area (TPSA) is 92.5 Å². The maximum absolute atomic E-state index is 12.6. The van der Waals surface area contributed by atoms with Crippen LogP contribution in [0.2, 0.25) is 0 Å². The summed E-state index contributed by atoms with van der Waals surface area (Å²) in [5.41, 5.74) is 6.10. The lowest BCUT2D eigenvalue weighted by atomic mass is 9.96. The molecule has 1 unspecified atom stereocenters. The molecular formula is C18H23N3O3. The predicted molar refractivity (Wildman–Crippen MR) is 89.3 cm³/mol. The van der Waals surface area contributed by atoms with Crippen molar-refractivity contribution in [3.8, 4) is 0 Å². The molecule has 6 heteroatoms. The Morgan fingerprint density at radius 1 is 1.08 bits per heavy atom. The Morgan fingerprint density at radius 2 is 1.75 bits per heavy atom. The number of nitrogens with one attached hydrogen (secondary N) is 1. The molecule has 3 rings (SSSR count). The number of amides is 3. The fourth-order valence-corrected chi connectivity index (χ4v) is 3.05. The molecule has 1 atom stereocenters. The van der Waals surface area contributed by atoms with Gasteiger partial charge in [-0.1, -0.05) is 0 Å². The van der Waals surface area contributed by atoms with Crippen molar-refractivity contribution < 1.29 is 14.4 Å². The van der Waals surface area contributed by atoms with E-state index >= 15 is 0 Å². The fourth-order valence-electron chi connectivity index (χ4n) is 3.05. The van der Waals surface area contributed by atoms with Crippen molar-refractivity contribution in [2.24, 2.45) is 17.6 Å². The van der Waals surface area contributed by atoms with Gasteiger partial charge in [-0.2, -0.15) is 0 Å². The van der Waals surface area contributed by atoms with E-state index in [9.17, 15) is 14.4 Å². The number of rotatable bonds is 5. The van der Waals surface area contributed by atoms with Crippen LogP contribution in [0.5, 0.6) is 0 Å². The average molecular weight is 329 g/mol. The van der Waals surface area contributed by atoms with E-state index in [1.165, 1.54) is 12.8 Å². The van der Waals surface area contributed by atoms with Crippen molar-refractivity contribution in [3.05, 3.63) is 35.4 Å². The lowest BCUT2D eigenvalue weighted by Crippen LogP contribution is -2.45. The summed E-state index contributed by atoms with van der Waals surface area (Å²) in [6.45, 7) is 1.87. The number of hydrogen-bond donors (Lipinski definition) is 2. The molecule has 1 aliphatic heterocycles. The molecule has 6 nitrogen and oxygen atoms in total. The zero-order valence-electron chi connectivity index (χ0n) is 13.7. The summed E-state index contributed by atoms with van der Waals surface area (Å²) < 4.78 is 0. The molecule has 2 aliphatic rings. The smallest absolute Gasteiger partial charge is 0.253 e. The zero-order chi connectivity index (χ0) is 17.1. The summed E-state index contributed by atoms with van der Waals surface area (Å²) in [5.74, 6) is -0.0426. The highest BCUT2D eigenvalue weighted by Gasteiger charge is 2.30. The lowest BCUT2D eigenvalue weighted by Gasteiger charge is -2.32. The van der Waals surface area contributed by atoms with E-state index in [4.69, 9.17) is 5.73 Å². The van der Waals surface area contributed by atoms with Crippen molar-refractivity contribution in [1.82, 2.24) is 10.2 Å². The van der Waals surface area contributed by atoms with Gasteiger partial charge < -0.3 is 16.0 Å². The van der Waals surface area contributed by atoms with Crippen LogP contribution in [-0.4, -0.2) is 42.3 Å². The lowest BCUT2D eigenvalue weighted by molar-refractivity contribution is -0.126. The van der Waals surface area contributed by atoms with Gasteiger partial charge in [0.25, 0.3) is 5.91 Å². The van der Waals surface area contributed by atoms with Crippen LogP contribution in [-0.2, 0) is 4.79 Å². The van der Waals surface area contributed by atoms with Gasteiger partial charge in [0.2, 0.25) is 11.8 Å². The highest BCUT2D eigenvalue weighted by atomic mass is 16.2. The van der Waals surface area contributed by atoms with Gasteiger partial charge >= 0.3 is 0 Å². The van der Waals surface area contributed by atoms with Crippen LogP contribution in [0.25, 0.3) is 0 Å². The van der Waals surface area contributed by atoms with Gasteiger partial charge in [0.05, 0.1) is 5.92 Å². The quantitative estimate of drug-likeness (QED) is 0.849. The van der Waals surface area contributed by atoms with Gasteiger partial charge in [-0.15, -0.1) is 0 Å². The summed E-state index contributed by atoms with van der Waals surface area (Å²) in [7, 11) is 0. The Kier molecular flexibility index (Phi) is 4.83. The number of hydrogen-bond acceptors (Lipinski definition) is 3. The largest absolute Gasteiger partial charge is 0.366 e. The standard InChI is InChI=1S/C18H23N3O3/c19-16(22)13-5-7-14(8-6-13)18(24)21-9-1-2-15(11-21)17(23)20-10-12-3-4-12/h5-8,12,15H,1-4,9-11H2,(H2,19,22)(H,20,23). The Hall–Kier alpha value is -2.37. The first kappa shape index (κ1) is 16.5. The fraction of sp³-hybridized carbons (Fsp3) is 0.500. The molecule has 1 saturated heterocycles. The number of carbonyl (C=O) groups excluding carboxylic acids is 3. The molecule has 1 saturated carbocycles. The second-order valence-corrected chi connectivity index (χ2v) is 6.72. The van der Waals surface area contributed by atoms with Crippen LogP contribution in [0.3, 0.4) is 0 Å². The second kappa shape index (κ2) is 7.03. The van der Waals surface area contributed by atoms with E-state index in [2.05, 4.69) is 5.32 Å². The molecule has 3 N–H and O–H groups in total. The number of primary amides is 1. The molecule has 1 aromatic carbocycles. The maximum atomic E-state index is 12.6. The molecule has 2 fully saturated rings. The number of carbonyl (C=O) groups is 3. The summed E-state index contributed by atoms with van der Waals surface area (Å²) in [6, 6.07) is 6.33. The van der Waals surface area contributed by atoms with E-state index in [-0.39, 0.29) is 17.7 Å². The predicted octanol–water partition coefficient (Wildman–Crippen LogP) is 1.16. The number of likely N-dealkylation sites (tertiary alicyclic amines) is 1. The molecule has 3 amide bonds. The van der Waals surface area contributed by atoms with Crippen molar-refractivity contribution in [2.75, 3.05) is 19.6 Å². The third kappa shape index (κ3) is 3.93. The minimum Gasteiger partial charge on any atom is -0.366 e. The molecule has 0 radical (unpaired) electrons. The van der Waals surface area contributed by atoms with Gasteiger partial charge in [-0.3, -0.25) is 14.4 Å². The molecular weight excluding hydrogens is 306 g/mol. The number of nitrogens with zero attached hydrogens (tertiary/aromatic N) is 1. The van der Waals surface area contributed by atoms with Crippen LogP contribution in [0, 0.1) is 11.8 Å². The van der Waals surface area contributed by atoms with Gasteiger partial charge in [0.15, 0.2) is 0 Å². The van der Waals surface area contributed by atoms with Gasteiger partial charge in [0, 0.05) is 30.8 Å². The molecule has 0 bridgehead atoms. The van der Waals surface area contributed by atoms with Crippen LogP contribution in [0.4, 0.5) is 0 Å². The monoisotopic (exact) mass is 329 g/mol. The first-order valence-corrected chi connectivity index (χ1v) is 8.51. The summed E-state index contributed by atoms with van der Waals surface area (Å²) >= 11 is 0. The van der Waals surface area contributed by atoms with Gasteiger partial charge in [-0.05, 0) is 55.9 Å². The molecule has 1 heterocycles. The Labute approximate surface area is 141 Å². The number of piperidine rings is 1. The van der Waals surface area contributed by atoms with Crippen molar-refractivity contribution in [3.63, 3.8) is 0 Å². The van der Waals surface area contributed by atoms with E-state index in [1.807, 2.05) is 0 Å². The molecule has 0 spiro atoms. The van der Waals surface area contributed by atoms with Crippen LogP contribution >= 0.6 is 0 Å². The minimum atomic E-state index is -0.514. The van der Waals surface area contributed by atoms with Gasteiger partial charge in [0.1, 0.15) is 0 Å². The van der Waals surface area contributed by atoms with E-state index in [0.29, 0.717) is 30.1 Å². The normalized spacial score (nSPS) is 20.5. The Balaban J connectivity index is 1.59. The van der Waals surface area contributed by atoms with Crippen molar-refractivity contribution in [1.29, 1.82) is 0 Å². The molecule has 128 valence electrons. The second-order valence-electron chi connectivity index (χ2n) is 6.72. The average Bonchev–Trinajstić information content (AvgIpc) is 3.43. The number of nitrogens with two attached hydrogens (primary N) is 1. The van der Waals surface area contributed by atoms with E-state index in [1.54, 1.807) is 29.2 Å². The molecule has 1 aliphatic carbocycles. The van der Waals surface area contributed by atoms with E-state index in [0.717, 1.165) is 19.4 Å². The first-order chi connectivity index (χ1) is 11.5. The maximum Gasteiger partial charge on any atom is 0.253 e. The van der Waals surface area contributed by atoms with Crippen molar-refractivity contribution >= 4 is 17.7 Å².